The van der Waals surface area contributed by atoms with Gasteiger partial charge >= 0.3 is 17.1 Å². The van der Waals surface area contributed by atoms with Gasteiger partial charge in [0.15, 0.2) is 23.3 Å². The molecule has 0 radical (unpaired) electrons. The van der Waals surface area contributed by atoms with Crippen LogP contribution in [0.3, 0.4) is 0 Å². The summed E-state index contributed by atoms with van der Waals surface area (Å²) in [6.07, 6.45) is 0. The van der Waals surface area contributed by atoms with E-state index in [0.717, 1.165) is 27.5 Å². The summed E-state index contributed by atoms with van der Waals surface area (Å²) < 4.78 is 37.2. The number of H-pyrrole nitrogens is 2. The van der Waals surface area contributed by atoms with Crippen LogP contribution in [0.25, 0.3) is 89.7 Å². The van der Waals surface area contributed by atoms with Crippen molar-refractivity contribution in [2.45, 2.75) is 4.90 Å². The van der Waals surface area contributed by atoms with Crippen LogP contribution in [0.2, 0.25) is 0 Å². The molecule has 11 nitrogen and oxygen atoms in total. The Hall–Kier alpha value is -5.33. The minimum Gasteiger partial charge on any atom is -0.744 e. The molecule has 0 atom stereocenters. The average Bonchev–Trinajstić information content (AvgIpc) is 3.76. The number of hydrogen-bond donors (Lipinski definition) is 2. The van der Waals surface area contributed by atoms with Crippen molar-refractivity contribution in [3.8, 4) is 45.6 Å². The number of hydrogen-bond acceptors (Lipinski definition) is 9. The van der Waals surface area contributed by atoms with E-state index in [2.05, 4.69) is 9.97 Å². The molecule has 0 aliphatic carbocycles. The van der Waals surface area contributed by atoms with Gasteiger partial charge in [0.05, 0.1) is 4.90 Å². The van der Waals surface area contributed by atoms with Crippen molar-refractivity contribution in [2.24, 2.45) is 0 Å². The van der Waals surface area contributed by atoms with Crippen LogP contribution in [-0.2, 0) is 27.2 Å². The van der Waals surface area contributed by atoms with E-state index in [1.54, 1.807) is 6.07 Å². The van der Waals surface area contributed by atoms with Crippen LogP contribution in [0.15, 0.2) is 95.9 Å². The van der Waals surface area contributed by atoms with Gasteiger partial charge in [0.25, 0.3) is 0 Å². The molecule has 0 saturated carbocycles. The van der Waals surface area contributed by atoms with Crippen molar-refractivity contribution in [3.05, 3.63) is 91.0 Å². The van der Waals surface area contributed by atoms with E-state index in [1.807, 2.05) is 72.8 Å². The van der Waals surface area contributed by atoms with E-state index in [9.17, 15) is 13.0 Å². The van der Waals surface area contributed by atoms with Gasteiger partial charge < -0.3 is 14.5 Å². The van der Waals surface area contributed by atoms with Crippen LogP contribution in [0, 0.1) is 0 Å². The minimum atomic E-state index is -4.87. The molecule has 7 aromatic rings. The van der Waals surface area contributed by atoms with Crippen molar-refractivity contribution >= 4 is 54.3 Å². The first-order valence-corrected chi connectivity index (χ1v) is 15.0. The minimum absolute atomic E-state index is 0. The second kappa shape index (κ2) is 9.84. The molecule has 13 heteroatoms. The molecule has 8 bridgehead atoms. The normalized spacial score (nSPS) is 12.1. The topological polar surface area (TPSA) is 166 Å². The number of rotatable bonds is 1. The third-order valence-electron chi connectivity index (χ3n) is 7.81. The molecule has 0 unspecified atom stereocenters. The Labute approximate surface area is 264 Å². The Morgan fingerprint density at radius 3 is 1.31 bits per heavy atom. The second-order valence-electron chi connectivity index (χ2n) is 10.4. The first-order valence-electron chi connectivity index (χ1n) is 13.6. The first kappa shape index (κ1) is 27.2. The summed E-state index contributed by atoms with van der Waals surface area (Å²) in [5, 5.41) is 2.24. The predicted octanol–water partition coefficient (Wildman–Crippen LogP) is 5.77. The van der Waals surface area contributed by atoms with Crippen LogP contribution >= 0.6 is 0 Å². The van der Waals surface area contributed by atoms with Crippen LogP contribution in [0.1, 0.15) is 0 Å². The Bertz CT molecular complexity index is 2660. The van der Waals surface area contributed by atoms with Gasteiger partial charge in [-0.15, -0.1) is 0 Å². The van der Waals surface area contributed by atoms with E-state index in [1.165, 1.54) is 12.1 Å². The smallest absolute Gasteiger partial charge is 0.744 e. The molecule has 2 N–H and O–H groups in total. The van der Waals surface area contributed by atoms with Crippen molar-refractivity contribution in [2.75, 3.05) is 0 Å². The second-order valence-corrected chi connectivity index (χ2v) is 11.7. The van der Waals surface area contributed by atoms with Crippen molar-refractivity contribution < 1.29 is 30.0 Å². The van der Waals surface area contributed by atoms with Gasteiger partial charge in [-0.2, -0.15) is 0 Å². The summed E-state index contributed by atoms with van der Waals surface area (Å²) >= 11 is 0. The third-order valence-corrected chi connectivity index (χ3v) is 8.69. The van der Waals surface area contributed by atoms with Gasteiger partial charge in [-0.05, 0) is 6.07 Å². The maximum atomic E-state index is 12.4. The molecule has 5 heterocycles. The maximum absolute atomic E-state index is 12.4. The zero-order chi connectivity index (χ0) is 29.6. The molecule has 0 amide bonds. The van der Waals surface area contributed by atoms with E-state index in [-0.39, 0.29) is 28.1 Å². The largest absolute Gasteiger partial charge is 1.00 e. The molecule has 3 aromatic heterocycles. The summed E-state index contributed by atoms with van der Waals surface area (Å²) in [4.78, 5) is 35.2. The maximum Gasteiger partial charge on any atom is 1.00 e. The predicted molar refractivity (Wildman–Crippen MR) is 164 cm³/mol. The number of nitrogens with one attached hydrogen (secondary N) is 2. The fourth-order valence-electron chi connectivity index (χ4n) is 5.87. The number of aromatic amines is 2. The van der Waals surface area contributed by atoms with Gasteiger partial charge in [0.1, 0.15) is 32.7 Å². The van der Waals surface area contributed by atoms with Gasteiger partial charge in [-0.1, -0.05) is 84.9 Å². The van der Waals surface area contributed by atoms with Crippen LogP contribution in [0.5, 0.6) is 0 Å². The SMILES string of the molecule is O=S(=O)([O-])c1cccc2c3nc4nc(nc5[nH]c(nc6nc(nc([nH]3)c12)-c1ccccc1-6)c1ccccc51)-c1ccccc1-4.[Cu+]. The fourth-order valence-corrected chi connectivity index (χ4v) is 6.57. The zero-order valence-electron chi connectivity index (χ0n) is 22.8. The van der Waals surface area contributed by atoms with Crippen molar-refractivity contribution in [3.63, 3.8) is 0 Å². The molecule has 0 spiro atoms. The van der Waals surface area contributed by atoms with Crippen LogP contribution in [-0.4, -0.2) is 52.8 Å². The van der Waals surface area contributed by atoms with E-state index >= 15 is 0 Å². The Balaban J connectivity index is 0.00000300. The number of fused-ring (bicyclic) bond motifs is 20. The summed E-state index contributed by atoms with van der Waals surface area (Å²) in [7, 11) is -4.87. The Morgan fingerprint density at radius 1 is 0.467 bits per heavy atom. The summed E-state index contributed by atoms with van der Waals surface area (Å²) in [5.74, 6) is 1.55. The summed E-state index contributed by atoms with van der Waals surface area (Å²) in [6.45, 7) is 0. The molecular formula is C32H17CuN8O3S. The zero-order valence-corrected chi connectivity index (χ0v) is 24.5. The number of nitrogens with zero attached hydrogens (tertiary/aromatic N) is 6. The Morgan fingerprint density at radius 2 is 0.844 bits per heavy atom. The summed E-state index contributed by atoms with van der Waals surface area (Å²) in [6, 6.07) is 27.4. The molecule has 9 rings (SSSR count). The summed E-state index contributed by atoms with van der Waals surface area (Å²) in [5.41, 5.74) is 4.55. The fraction of sp³-hybridized carbons (Fsp3) is 0. The Kier molecular flexibility index (Phi) is 5.96. The van der Waals surface area contributed by atoms with Crippen molar-refractivity contribution in [1.29, 1.82) is 0 Å². The van der Waals surface area contributed by atoms with Gasteiger partial charge in [-0.3, -0.25) is 0 Å². The van der Waals surface area contributed by atoms with E-state index in [0.29, 0.717) is 51.2 Å². The molecule has 0 saturated heterocycles. The third kappa shape index (κ3) is 4.17. The van der Waals surface area contributed by atoms with Crippen molar-refractivity contribution in [1.82, 2.24) is 39.9 Å². The standard InChI is InChI=1S/C32H18N8O3S.Cu/c41-44(42,43)23-15-7-14-22-24(23)32-39-30-21-13-6-5-12-20(21)28(37-30)35-26-17-9-2-1-8-16(17)25(33-26)34-27-18-10-3-4-11-19(18)29(36-27)38-31(22)40-32;/h1-15H,(H,41,42,43)(H2,33,34,35,36,37,38,39,40);/q;+1/p-1. The van der Waals surface area contributed by atoms with E-state index in [4.69, 9.17) is 29.9 Å². The van der Waals surface area contributed by atoms with Gasteiger partial charge in [-0.25, -0.2) is 38.3 Å². The molecule has 2 aliphatic rings. The monoisotopic (exact) mass is 656 g/mol. The van der Waals surface area contributed by atoms with Gasteiger partial charge in [0, 0.05) is 43.8 Å². The molecule has 0 fully saturated rings. The molecule has 220 valence electrons. The molecular weight excluding hydrogens is 640 g/mol. The number of aromatic nitrogens is 8. The van der Waals surface area contributed by atoms with E-state index < -0.39 is 15.0 Å². The average molecular weight is 657 g/mol. The van der Waals surface area contributed by atoms with Crippen LogP contribution < -0.4 is 0 Å². The molecule has 2 aliphatic heterocycles. The van der Waals surface area contributed by atoms with Gasteiger partial charge in [0.2, 0.25) is 0 Å². The van der Waals surface area contributed by atoms with Crippen LogP contribution in [0.4, 0.5) is 0 Å². The first-order chi connectivity index (χ1) is 21.4. The molecule has 45 heavy (non-hydrogen) atoms. The molecule has 4 aromatic carbocycles. The number of benzene rings is 4. The quantitative estimate of drug-likeness (QED) is 0.165.